The van der Waals surface area contributed by atoms with E-state index in [1.807, 2.05) is 0 Å². The number of carboxylic acid groups (broad SMARTS) is 1. The standard InChI is InChI=1S/C16H15ClFN3O3/c1-10-13(8-21(19-10)12-4-2-11(17)3-5-12)14(22)20-7-6-16(18,9-20)15(23)24/h2-5,8H,6-7,9H2,1H3,(H,23,24). The number of hydrogen-bond donors (Lipinski definition) is 1. The molecule has 1 aromatic carbocycles. The summed E-state index contributed by atoms with van der Waals surface area (Å²) in [5.74, 6) is -1.96. The summed E-state index contributed by atoms with van der Waals surface area (Å²) >= 11 is 5.85. The number of amides is 1. The van der Waals surface area contributed by atoms with Crippen LogP contribution < -0.4 is 0 Å². The van der Waals surface area contributed by atoms with Crippen molar-refractivity contribution >= 4 is 23.5 Å². The average Bonchev–Trinajstić information content (AvgIpc) is 3.12. The van der Waals surface area contributed by atoms with Gasteiger partial charge in [-0.2, -0.15) is 5.10 Å². The molecule has 1 fully saturated rings. The lowest BCUT2D eigenvalue weighted by molar-refractivity contribution is -0.149. The van der Waals surface area contributed by atoms with E-state index in [2.05, 4.69) is 5.10 Å². The van der Waals surface area contributed by atoms with Gasteiger partial charge in [-0.05, 0) is 31.2 Å². The lowest BCUT2D eigenvalue weighted by Gasteiger charge is -2.17. The van der Waals surface area contributed by atoms with Crippen molar-refractivity contribution in [3.63, 3.8) is 0 Å². The van der Waals surface area contributed by atoms with Crippen molar-refractivity contribution in [2.24, 2.45) is 0 Å². The van der Waals surface area contributed by atoms with Crippen molar-refractivity contribution in [3.05, 3.63) is 46.7 Å². The van der Waals surface area contributed by atoms with Gasteiger partial charge in [-0.3, -0.25) is 4.79 Å². The summed E-state index contributed by atoms with van der Waals surface area (Å²) in [6.45, 7) is 1.29. The molecular formula is C16H15ClFN3O3. The van der Waals surface area contributed by atoms with Gasteiger partial charge in [0.1, 0.15) is 0 Å². The maximum absolute atomic E-state index is 14.1. The van der Waals surface area contributed by atoms with Crippen molar-refractivity contribution in [2.75, 3.05) is 13.1 Å². The van der Waals surface area contributed by atoms with E-state index in [0.29, 0.717) is 16.3 Å². The van der Waals surface area contributed by atoms with Crippen LogP contribution in [-0.4, -0.2) is 50.4 Å². The lowest BCUT2D eigenvalue weighted by atomic mass is 10.1. The van der Waals surface area contributed by atoms with Crippen LogP contribution in [0.3, 0.4) is 0 Å². The van der Waals surface area contributed by atoms with Crippen LogP contribution in [0.25, 0.3) is 5.69 Å². The van der Waals surface area contributed by atoms with Gasteiger partial charge < -0.3 is 10.0 Å². The van der Waals surface area contributed by atoms with E-state index in [4.69, 9.17) is 16.7 Å². The zero-order valence-corrected chi connectivity index (χ0v) is 13.6. The third-order valence-electron chi connectivity index (χ3n) is 4.11. The third kappa shape index (κ3) is 2.87. The highest BCUT2D eigenvalue weighted by molar-refractivity contribution is 6.30. The first kappa shape index (κ1) is 16.4. The van der Waals surface area contributed by atoms with Crippen molar-refractivity contribution in [2.45, 2.75) is 19.0 Å². The Kier molecular flexibility index (Phi) is 4.04. The summed E-state index contributed by atoms with van der Waals surface area (Å²) in [5, 5.41) is 13.8. The average molecular weight is 352 g/mol. The molecule has 6 nitrogen and oxygen atoms in total. The van der Waals surface area contributed by atoms with Gasteiger partial charge >= 0.3 is 5.97 Å². The number of rotatable bonds is 3. The SMILES string of the molecule is Cc1nn(-c2ccc(Cl)cc2)cc1C(=O)N1CCC(F)(C(=O)O)C1. The van der Waals surface area contributed by atoms with Crippen LogP contribution in [-0.2, 0) is 4.79 Å². The molecule has 1 aliphatic heterocycles. The molecule has 1 saturated heterocycles. The molecule has 1 aliphatic rings. The minimum absolute atomic E-state index is 0.0627. The van der Waals surface area contributed by atoms with Crippen LogP contribution in [0.2, 0.25) is 5.02 Å². The molecule has 1 aromatic heterocycles. The first-order valence-electron chi connectivity index (χ1n) is 7.34. The third-order valence-corrected chi connectivity index (χ3v) is 4.36. The van der Waals surface area contributed by atoms with Crippen molar-refractivity contribution in [3.8, 4) is 5.69 Å². The molecule has 2 heterocycles. The summed E-state index contributed by atoms with van der Waals surface area (Å²) in [5.41, 5.74) is -0.843. The smallest absolute Gasteiger partial charge is 0.343 e. The zero-order chi connectivity index (χ0) is 17.5. The van der Waals surface area contributed by atoms with E-state index in [0.717, 1.165) is 5.69 Å². The number of likely N-dealkylation sites (tertiary alicyclic amines) is 1. The van der Waals surface area contributed by atoms with Crippen molar-refractivity contribution < 1.29 is 19.1 Å². The second kappa shape index (κ2) is 5.90. The summed E-state index contributed by atoms with van der Waals surface area (Å²) in [7, 11) is 0. The monoisotopic (exact) mass is 351 g/mol. The normalized spacial score (nSPS) is 20.4. The Morgan fingerprint density at radius 2 is 2.00 bits per heavy atom. The second-order valence-corrected chi connectivity index (χ2v) is 6.23. The van der Waals surface area contributed by atoms with E-state index in [1.54, 1.807) is 37.4 Å². The van der Waals surface area contributed by atoms with Gasteiger partial charge in [-0.25, -0.2) is 13.9 Å². The highest BCUT2D eigenvalue weighted by atomic mass is 35.5. The highest BCUT2D eigenvalue weighted by Crippen LogP contribution is 2.27. The topological polar surface area (TPSA) is 75.4 Å². The maximum atomic E-state index is 14.1. The largest absolute Gasteiger partial charge is 0.479 e. The Labute approximate surface area is 142 Å². The molecule has 0 radical (unpaired) electrons. The maximum Gasteiger partial charge on any atom is 0.343 e. The molecule has 1 atom stereocenters. The molecule has 0 saturated carbocycles. The minimum Gasteiger partial charge on any atom is -0.479 e. The van der Waals surface area contributed by atoms with Crippen LogP contribution in [0.5, 0.6) is 0 Å². The molecule has 0 aliphatic carbocycles. The fraction of sp³-hybridized carbons (Fsp3) is 0.312. The van der Waals surface area contributed by atoms with Crippen molar-refractivity contribution in [1.29, 1.82) is 0 Å². The van der Waals surface area contributed by atoms with E-state index < -0.39 is 24.1 Å². The van der Waals surface area contributed by atoms with E-state index >= 15 is 0 Å². The van der Waals surface area contributed by atoms with Gasteiger partial charge in [-0.15, -0.1) is 0 Å². The summed E-state index contributed by atoms with van der Waals surface area (Å²) < 4.78 is 15.7. The van der Waals surface area contributed by atoms with E-state index in [-0.39, 0.29) is 13.0 Å². The molecule has 126 valence electrons. The van der Waals surface area contributed by atoms with Gasteiger partial charge in [0.25, 0.3) is 5.91 Å². The Bertz CT molecular complexity index is 805. The van der Waals surface area contributed by atoms with Gasteiger partial charge in [0.2, 0.25) is 5.67 Å². The number of nitrogens with zero attached hydrogens (tertiary/aromatic N) is 3. The zero-order valence-electron chi connectivity index (χ0n) is 12.9. The number of aryl methyl sites for hydroxylation is 1. The van der Waals surface area contributed by atoms with Crippen LogP contribution in [0, 0.1) is 6.92 Å². The van der Waals surface area contributed by atoms with Crippen LogP contribution >= 0.6 is 11.6 Å². The second-order valence-electron chi connectivity index (χ2n) is 5.80. The molecule has 3 rings (SSSR count). The van der Waals surface area contributed by atoms with Gasteiger partial charge in [0.05, 0.1) is 23.5 Å². The number of carbonyl (C=O) groups is 2. The Morgan fingerprint density at radius 1 is 1.33 bits per heavy atom. The van der Waals surface area contributed by atoms with Gasteiger partial charge in [-0.1, -0.05) is 11.6 Å². The minimum atomic E-state index is -2.38. The number of carboxylic acids is 1. The Hall–Kier alpha value is -2.41. The summed E-state index contributed by atoms with van der Waals surface area (Å²) in [4.78, 5) is 24.8. The Morgan fingerprint density at radius 3 is 2.58 bits per heavy atom. The molecule has 0 spiro atoms. The molecular weight excluding hydrogens is 337 g/mol. The Balaban J connectivity index is 1.84. The molecule has 8 heteroatoms. The summed E-state index contributed by atoms with van der Waals surface area (Å²) in [6.07, 6.45) is 1.35. The number of benzene rings is 1. The van der Waals surface area contributed by atoms with Crippen molar-refractivity contribution in [1.82, 2.24) is 14.7 Å². The molecule has 1 unspecified atom stereocenters. The first-order valence-corrected chi connectivity index (χ1v) is 7.72. The number of aliphatic carboxylic acids is 1. The fourth-order valence-electron chi connectivity index (χ4n) is 2.69. The molecule has 24 heavy (non-hydrogen) atoms. The van der Waals surface area contributed by atoms with Crippen LogP contribution in [0.15, 0.2) is 30.5 Å². The van der Waals surface area contributed by atoms with Gasteiger partial charge in [0.15, 0.2) is 0 Å². The molecule has 1 amide bonds. The van der Waals surface area contributed by atoms with E-state index in [9.17, 15) is 14.0 Å². The van der Waals surface area contributed by atoms with E-state index in [1.165, 1.54) is 9.58 Å². The molecule has 0 bridgehead atoms. The number of aromatic nitrogens is 2. The van der Waals surface area contributed by atoms with Crippen LogP contribution in [0.1, 0.15) is 22.5 Å². The highest BCUT2D eigenvalue weighted by Gasteiger charge is 2.47. The first-order chi connectivity index (χ1) is 11.3. The van der Waals surface area contributed by atoms with Crippen LogP contribution in [0.4, 0.5) is 4.39 Å². The number of alkyl halides is 1. The number of carbonyl (C=O) groups excluding carboxylic acids is 1. The quantitative estimate of drug-likeness (QED) is 0.921. The van der Waals surface area contributed by atoms with Gasteiger partial charge in [0, 0.05) is 24.2 Å². The molecule has 2 aromatic rings. The number of halogens is 2. The predicted molar refractivity (Wildman–Crippen MR) is 85.3 cm³/mol. The summed E-state index contributed by atoms with van der Waals surface area (Å²) in [6, 6.07) is 6.94. The lowest BCUT2D eigenvalue weighted by Crippen LogP contribution is -2.39. The predicted octanol–water partition coefficient (Wildman–Crippen LogP) is 2.47. The molecule has 1 N–H and O–H groups in total. The fourth-order valence-corrected chi connectivity index (χ4v) is 2.81. The number of hydrogen-bond acceptors (Lipinski definition) is 3.